The molecule has 2 aromatic heterocycles. The first-order chi connectivity index (χ1) is 11.0. The fourth-order valence-corrected chi connectivity index (χ4v) is 2.04. The molecule has 126 valence electrons. The van der Waals surface area contributed by atoms with Gasteiger partial charge in [-0.15, -0.1) is 0 Å². The summed E-state index contributed by atoms with van der Waals surface area (Å²) < 4.78 is 11.9. The molecule has 0 amide bonds. The Labute approximate surface area is 161 Å². The van der Waals surface area contributed by atoms with Gasteiger partial charge in [-0.3, -0.25) is 9.59 Å². The van der Waals surface area contributed by atoms with Gasteiger partial charge in [0.1, 0.15) is 5.52 Å². The minimum absolute atomic E-state index is 0. The summed E-state index contributed by atoms with van der Waals surface area (Å²) in [5.74, 6) is -0.673. The second-order valence-electron chi connectivity index (χ2n) is 5.13. The molecular weight excluding hydrogens is 325 g/mol. The van der Waals surface area contributed by atoms with Crippen molar-refractivity contribution in [2.24, 2.45) is 5.92 Å². The van der Waals surface area contributed by atoms with Gasteiger partial charge in [-0.1, -0.05) is 0 Å². The van der Waals surface area contributed by atoms with Gasteiger partial charge in [-0.05, 0) is 6.42 Å². The molecule has 10 heteroatoms. The number of carbonyl (C=O) groups excluding carboxylic acids is 2. The standard InChI is InChI=1S/C14H19N5O4.Na.H/c1-9(20)22-6-11(7-23-10(2)21)3-4-19-8-17-12-5-16-14(15)18-13(12)19;;/h5,8,11H,3-4,6-7H2,1-2H3,(H2,15,16,18);;. The third-order valence-corrected chi connectivity index (χ3v) is 3.20. The van der Waals surface area contributed by atoms with Crippen LogP contribution in [-0.4, -0.2) is 74.2 Å². The Balaban J connectivity index is 0.00000288. The Kier molecular flexibility index (Phi) is 8.09. The normalized spacial score (nSPS) is 10.5. The molecule has 0 fully saturated rings. The number of carbonyl (C=O) groups is 2. The van der Waals surface area contributed by atoms with Crippen molar-refractivity contribution in [2.75, 3.05) is 18.9 Å². The number of aromatic nitrogens is 4. The first-order valence-electron chi connectivity index (χ1n) is 7.15. The number of anilines is 1. The van der Waals surface area contributed by atoms with Gasteiger partial charge in [0.25, 0.3) is 0 Å². The van der Waals surface area contributed by atoms with E-state index in [-0.39, 0.29) is 66.6 Å². The topological polar surface area (TPSA) is 122 Å². The number of esters is 2. The van der Waals surface area contributed by atoms with Crippen molar-refractivity contribution in [2.45, 2.75) is 26.8 Å². The summed E-state index contributed by atoms with van der Waals surface area (Å²) in [6.07, 6.45) is 3.83. The van der Waals surface area contributed by atoms with E-state index in [1.807, 2.05) is 4.57 Å². The minimum atomic E-state index is -0.369. The summed E-state index contributed by atoms with van der Waals surface area (Å²) in [5.41, 5.74) is 6.88. The molecule has 2 rings (SSSR count). The molecule has 9 nitrogen and oxygen atoms in total. The number of rotatable bonds is 7. The Hall–Kier alpha value is -1.71. The number of hydrogen-bond donors (Lipinski definition) is 1. The summed E-state index contributed by atoms with van der Waals surface area (Å²) >= 11 is 0. The summed E-state index contributed by atoms with van der Waals surface area (Å²) in [6.45, 7) is 3.62. The Morgan fingerprint density at radius 2 is 1.83 bits per heavy atom. The second kappa shape index (κ2) is 9.55. The van der Waals surface area contributed by atoms with Crippen molar-refractivity contribution in [3.8, 4) is 0 Å². The number of nitrogens with zero attached hydrogens (tertiary/aromatic N) is 4. The van der Waals surface area contributed by atoms with Crippen LogP contribution in [0.5, 0.6) is 0 Å². The van der Waals surface area contributed by atoms with Crippen LogP contribution in [0.4, 0.5) is 5.95 Å². The van der Waals surface area contributed by atoms with E-state index in [1.165, 1.54) is 13.8 Å². The molecule has 0 aliphatic carbocycles. The predicted octanol–water partition coefficient (Wildman–Crippen LogP) is -0.108. The molecule has 0 atom stereocenters. The Morgan fingerprint density at radius 1 is 1.21 bits per heavy atom. The molecule has 0 radical (unpaired) electrons. The van der Waals surface area contributed by atoms with Gasteiger partial charge in [-0.25, -0.2) is 9.97 Å². The fraction of sp³-hybridized carbons (Fsp3) is 0.500. The molecule has 0 spiro atoms. The van der Waals surface area contributed by atoms with Crippen LogP contribution in [0.2, 0.25) is 0 Å². The fourth-order valence-electron chi connectivity index (χ4n) is 2.04. The molecule has 0 aromatic carbocycles. The van der Waals surface area contributed by atoms with Crippen LogP contribution in [-0.2, 0) is 25.6 Å². The zero-order valence-corrected chi connectivity index (χ0v) is 13.1. The molecule has 2 heterocycles. The van der Waals surface area contributed by atoms with E-state index < -0.39 is 0 Å². The zero-order chi connectivity index (χ0) is 16.8. The van der Waals surface area contributed by atoms with Gasteiger partial charge in [0.15, 0.2) is 5.65 Å². The van der Waals surface area contributed by atoms with Gasteiger partial charge >= 0.3 is 41.5 Å². The van der Waals surface area contributed by atoms with Crippen LogP contribution in [0, 0.1) is 5.92 Å². The van der Waals surface area contributed by atoms with Gasteiger partial charge in [0, 0.05) is 26.3 Å². The van der Waals surface area contributed by atoms with Crippen molar-refractivity contribution in [1.82, 2.24) is 19.5 Å². The number of nitrogens with two attached hydrogens (primary N) is 1. The molecule has 0 aliphatic heterocycles. The van der Waals surface area contributed by atoms with E-state index in [2.05, 4.69) is 15.0 Å². The third-order valence-electron chi connectivity index (χ3n) is 3.20. The molecule has 0 unspecified atom stereocenters. The number of nitrogen functional groups attached to an aromatic ring is 1. The second-order valence-corrected chi connectivity index (χ2v) is 5.13. The monoisotopic (exact) mass is 345 g/mol. The number of fused-ring (bicyclic) bond motifs is 1. The molecular formula is C14H20N5NaO4. The van der Waals surface area contributed by atoms with Gasteiger partial charge in [0.2, 0.25) is 5.95 Å². The van der Waals surface area contributed by atoms with Crippen LogP contribution in [0.1, 0.15) is 20.3 Å². The molecule has 2 aromatic rings. The number of hydrogen-bond acceptors (Lipinski definition) is 8. The average Bonchev–Trinajstić information content (AvgIpc) is 2.88. The van der Waals surface area contributed by atoms with Gasteiger partial charge in [0.05, 0.1) is 25.7 Å². The molecule has 24 heavy (non-hydrogen) atoms. The van der Waals surface area contributed by atoms with E-state index in [4.69, 9.17) is 15.2 Å². The third kappa shape index (κ3) is 6.06. The van der Waals surface area contributed by atoms with Crippen LogP contribution in [0.15, 0.2) is 12.5 Å². The SMILES string of the molecule is CC(=O)OCC(CCn1cnc2cnc(N)nc21)COC(C)=O.[NaH]. The van der Waals surface area contributed by atoms with E-state index in [0.29, 0.717) is 24.1 Å². The van der Waals surface area contributed by atoms with Crippen molar-refractivity contribution in [3.05, 3.63) is 12.5 Å². The van der Waals surface area contributed by atoms with Gasteiger partial charge < -0.3 is 19.8 Å². The first kappa shape index (κ1) is 20.3. The first-order valence-corrected chi connectivity index (χ1v) is 7.15. The van der Waals surface area contributed by atoms with Crippen LogP contribution in [0.3, 0.4) is 0 Å². The van der Waals surface area contributed by atoms with E-state index in [9.17, 15) is 9.59 Å². The number of imidazole rings is 1. The van der Waals surface area contributed by atoms with Crippen molar-refractivity contribution in [3.63, 3.8) is 0 Å². The van der Waals surface area contributed by atoms with Crippen LogP contribution >= 0.6 is 0 Å². The maximum atomic E-state index is 11.0. The summed E-state index contributed by atoms with van der Waals surface area (Å²) in [4.78, 5) is 34.2. The van der Waals surface area contributed by atoms with Crippen LogP contribution in [0.25, 0.3) is 11.2 Å². The maximum absolute atomic E-state index is 11.0. The summed E-state index contributed by atoms with van der Waals surface area (Å²) in [5, 5.41) is 0. The van der Waals surface area contributed by atoms with E-state index in [0.717, 1.165) is 0 Å². The quantitative estimate of drug-likeness (QED) is 0.545. The summed E-state index contributed by atoms with van der Waals surface area (Å²) in [7, 11) is 0. The number of ether oxygens (including phenoxy) is 2. The molecule has 0 saturated heterocycles. The van der Waals surface area contributed by atoms with Crippen molar-refractivity contribution in [1.29, 1.82) is 0 Å². The number of aryl methyl sites for hydroxylation is 1. The van der Waals surface area contributed by atoms with Crippen molar-refractivity contribution >= 4 is 58.6 Å². The zero-order valence-electron chi connectivity index (χ0n) is 13.1. The van der Waals surface area contributed by atoms with Crippen LogP contribution < -0.4 is 5.73 Å². The van der Waals surface area contributed by atoms with E-state index in [1.54, 1.807) is 12.5 Å². The average molecular weight is 345 g/mol. The molecule has 2 N–H and O–H groups in total. The Bertz CT molecular complexity index is 688. The summed E-state index contributed by atoms with van der Waals surface area (Å²) in [6, 6.07) is 0. The molecule has 0 aliphatic rings. The van der Waals surface area contributed by atoms with E-state index >= 15 is 0 Å². The molecule has 0 saturated carbocycles. The van der Waals surface area contributed by atoms with Gasteiger partial charge in [-0.2, -0.15) is 4.98 Å². The van der Waals surface area contributed by atoms with Crippen molar-refractivity contribution < 1.29 is 19.1 Å². The Morgan fingerprint density at radius 3 is 2.42 bits per heavy atom. The predicted molar refractivity (Wildman–Crippen MR) is 88.3 cm³/mol. The molecule has 0 bridgehead atoms.